The van der Waals surface area contributed by atoms with E-state index in [9.17, 15) is 4.79 Å². The number of carbonyl (C=O) groups is 1. The van der Waals surface area contributed by atoms with Crippen molar-refractivity contribution in [3.8, 4) is 0 Å². The molecule has 3 nitrogen and oxygen atoms in total. The molecule has 60 valence electrons. The molecule has 0 aliphatic heterocycles. The molecule has 1 amide bonds. The fraction of sp³-hybridized carbons (Fsp3) is 0.833. The Hall–Kier alpha value is -0.220. The summed E-state index contributed by atoms with van der Waals surface area (Å²) in [6.07, 6.45) is 0. The van der Waals surface area contributed by atoms with Gasteiger partial charge in [0.2, 0.25) is 5.91 Å². The smallest absolute Gasteiger partial charge is 0.232 e. The number of hydrogen-bond acceptors (Lipinski definition) is 3. The second-order valence-electron chi connectivity index (χ2n) is 1.96. The summed E-state index contributed by atoms with van der Waals surface area (Å²) in [7, 11) is 1.59. The van der Waals surface area contributed by atoms with E-state index >= 15 is 0 Å². The summed E-state index contributed by atoms with van der Waals surface area (Å²) in [6.45, 7) is 2.83. The van der Waals surface area contributed by atoms with Gasteiger partial charge in [-0.2, -0.15) is 12.6 Å². The van der Waals surface area contributed by atoms with Gasteiger partial charge in [-0.25, -0.2) is 0 Å². The predicted molar refractivity (Wildman–Crippen MR) is 43.3 cm³/mol. The van der Waals surface area contributed by atoms with Crippen LogP contribution < -0.4 is 5.32 Å². The first-order valence-corrected chi connectivity index (χ1v) is 3.65. The summed E-state index contributed by atoms with van der Waals surface area (Å²) in [6, 6.07) is 0. The maximum absolute atomic E-state index is 10.8. The van der Waals surface area contributed by atoms with Crippen LogP contribution in [0.25, 0.3) is 0 Å². The van der Waals surface area contributed by atoms with Crippen LogP contribution in [0.5, 0.6) is 0 Å². The summed E-state index contributed by atoms with van der Waals surface area (Å²) in [5.74, 6) is -0.0552. The topological polar surface area (TPSA) is 38.3 Å². The number of thiol groups is 1. The molecule has 0 aromatic heterocycles. The summed E-state index contributed by atoms with van der Waals surface area (Å²) in [5.41, 5.74) is 0. The van der Waals surface area contributed by atoms with Crippen LogP contribution in [0, 0.1) is 0 Å². The van der Waals surface area contributed by atoms with E-state index < -0.39 is 0 Å². The first-order chi connectivity index (χ1) is 4.68. The number of amides is 1. The zero-order valence-corrected chi connectivity index (χ0v) is 7.15. The number of rotatable bonds is 4. The molecule has 0 spiro atoms. The van der Waals surface area contributed by atoms with Crippen LogP contribution in [0.1, 0.15) is 6.92 Å². The molecule has 1 unspecified atom stereocenters. The minimum atomic E-state index is -0.239. The lowest BCUT2D eigenvalue weighted by molar-refractivity contribution is -0.120. The lowest BCUT2D eigenvalue weighted by atomic mass is 10.4. The number of ether oxygens (including phenoxy) is 1. The van der Waals surface area contributed by atoms with Crippen molar-refractivity contribution in [2.45, 2.75) is 12.2 Å². The highest BCUT2D eigenvalue weighted by Crippen LogP contribution is 1.89. The molecule has 0 fully saturated rings. The highest BCUT2D eigenvalue weighted by Gasteiger charge is 2.04. The largest absolute Gasteiger partial charge is 0.383 e. The van der Waals surface area contributed by atoms with E-state index in [1.165, 1.54) is 0 Å². The highest BCUT2D eigenvalue weighted by molar-refractivity contribution is 7.81. The van der Waals surface area contributed by atoms with Gasteiger partial charge in [-0.05, 0) is 6.92 Å². The Labute approximate surface area is 66.5 Å². The minimum absolute atomic E-state index is 0.0552. The van der Waals surface area contributed by atoms with Gasteiger partial charge in [0.15, 0.2) is 0 Å². The number of nitrogens with one attached hydrogen (secondary N) is 1. The molecule has 10 heavy (non-hydrogen) atoms. The summed E-state index contributed by atoms with van der Waals surface area (Å²) in [5, 5.41) is 2.40. The average Bonchev–Trinajstić information content (AvgIpc) is 1.88. The van der Waals surface area contributed by atoms with Gasteiger partial charge in [0.25, 0.3) is 0 Å². The van der Waals surface area contributed by atoms with Gasteiger partial charge >= 0.3 is 0 Å². The molecule has 0 aromatic rings. The fourth-order valence-electron chi connectivity index (χ4n) is 0.424. The zero-order valence-electron chi connectivity index (χ0n) is 6.26. The Morgan fingerprint density at radius 3 is 2.80 bits per heavy atom. The van der Waals surface area contributed by atoms with Crippen molar-refractivity contribution < 1.29 is 9.53 Å². The van der Waals surface area contributed by atoms with Crippen molar-refractivity contribution in [1.82, 2.24) is 5.32 Å². The van der Waals surface area contributed by atoms with Gasteiger partial charge < -0.3 is 10.1 Å². The van der Waals surface area contributed by atoms with Gasteiger partial charge in [-0.1, -0.05) is 0 Å². The van der Waals surface area contributed by atoms with Crippen molar-refractivity contribution in [1.29, 1.82) is 0 Å². The Kier molecular flexibility index (Phi) is 5.43. The maximum Gasteiger partial charge on any atom is 0.232 e. The summed E-state index contributed by atoms with van der Waals surface area (Å²) < 4.78 is 4.73. The van der Waals surface area contributed by atoms with Crippen molar-refractivity contribution in [2.75, 3.05) is 20.3 Å². The Balaban J connectivity index is 3.22. The Bertz CT molecular complexity index is 106. The van der Waals surface area contributed by atoms with Gasteiger partial charge in [0.05, 0.1) is 11.9 Å². The quantitative estimate of drug-likeness (QED) is 0.454. The molecular formula is C6H13NO2S. The molecule has 0 rings (SSSR count). The average molecular weight is 163 g/mol. The normalized spacial score (nSPS) is 12.7. The van der Waals surface area contributed by atoms with Gasteiger partial charge in [0.1, 0.15) is 0 Å². The second-order valence-corrected chi connectivity index (χ2v) is 2.73. The van der Waals surface area contributed by atoms with Crippen LogP contribution in [0.4, 0.5) is 0 Å². The van der Waals surface area contributed by atoms with Crippen LogP contribution >= 0.6 is 12.6 Å². The third kappa shape index (κ3) is 4.64. The fourth-order valence-corrected chi connectivity index (χ4v) is 0.515. The van der Waals surface area contributed by atoms with E-state index in [1.54, 1.807) is 14.0 Å². The first-order valence-electron chi connectivity index (χ1n) is 3.13. The zero-order chi connectivity index (χ0) is 7.98. The minimum Gasteiger partial charge on any atom is -0.383 e. The van der Waals surface area contributed by atoms with Crippen molar-refractivity contribution in [3.05, 3.63) is 0 Å². The van der Waals surface area contributed by atoms with E-state index in [0.29, 0.717) is 13.2 Å². The second kappa shape index (κ2) is 5.56. The van der Waals surface area contributed by atoms with Crippen LogP contribution in [-0.2, 0) is 9.53 Å². The monoisotopic (exact) mass is 163 g/mol. The van der Waals surface area contributed by atoms with Gasteiger partial charge in [0, 0.05) is 13.7 Å². The first kappa shape index (κ1) is 9.78. The van der Waals surface area contributed by atoms with Crippen LogP contribution in [0.3, 0.4) is 0 Å². The van der Waals surface area contributed by atoms with Crippen LogP contribution in [0.2, 0.25) is 0 Å². The Morgan fingerprint density at radius 2 is 2.40 bits per heavy atom. The Morgan fingerprint density at radius 1 is 1.80 bits per heavy atom. The molecule has 0 aliphatic carbocycles. The predicted octanol–water partition coefficient (Wildman–Crippen LogP) is 0.0673. The molecule has 0 heterocycles. The summed E-state index contributed by atoms with van der Waals surface area (Å²) in [4.78, 5) is 10.8. The van der Waals surface area contributed by atoms with Crippen molar-refractivity contribution in [3.63, 3.8) is 0 Å². The molecule has 0 bridgehead atoms. The molecule has 0 saturated heterocycles. The number of carbonyl (C=O) groups excluding carboxylic acids is 1. The third-order valence-electron chi connectivity index (χ3n) is 0.985. The lowest BCUT2D eigenvalue weighted by Crippen LogP contribution is -2.32. The molecule has 0 aliphatic rings. The number of methoxy groups -OCH3 is 1. The van der Waals surface area contributed by atoms with Crippen molar-refractivity contribution >= 4 is 18.5 Å². The SMILES string of the molecule is COCCNC(=O)C(C)S. The lowest BCUT2D eigenvalue weighted by Gasteiger charge is -2.05. The van der Waals surface area contributed by atoms with Gasteiger partial charge in [-0.3, -0.25) is 4.79 Å². The molecule has 4 heteroatoms. The molecule has 0 saturated carbocycles. The van der Waals surface area contributed by atoms with Gasteiger partial charge in [-0.15, -0.1) is 0 Å². The maximum atomic E-state index is 10.8. The molecule has 1 atom stereocenters. The van der Waals surface area contributed by atoms with E-state index in [0.717, 1.165) is 0 Å². The molecule has 1 N–H and O–H groups in total. The number of hydrogen-bond donors (Lipinski definition) is 2. The highest BCUT2D eigenvalue weighted by atomic mass is 32.1. The van der Waals surface area contributed by atoms with Crippen LogP contribution in [0.15, 0.2) is 0 Å². The standard InChI is InChI=1S/C6H13NO2S/c1-5(10)6(8)7-3-4-9-2/h5,10H,3-4H2,1-2H3,(H,7,8). The van der Waals surface area contributed by atoms with E-state index in [2.05, 4.69) is 17.9 Å². The van der Waals surface area contributed by atoms with E-state index in [-0.39, 0.29) is 11.2 Å². The van der Waals surface area contributed by atoms with Crippen LogP contribution in [-0.4, -0.2) is 31.4 Å². The van der Waals surface area contributed by atoms with E-state index in [1.807, 2.05) is 0 Å². The molecule has 0 aromatic carbocycles. The van der Waals surface area contributed by atoms with E-state index in [4.69, 9.17) is 4.74 Å². The summed E-state index contributed by atoms with van der Waals surface area (Å²) >= 11 is 3.94. The third-order valence-corrected chi connectivity index (χ3v) is 1.22. The van der Waals surface area contributed by atoms with Crippen molar-refractivity contribution in [2.24, 2.45) is 0 Å². The molecular weight excluding hydrogens is 150 g/mol. The molecule has 0 radical (unpaired) electrons.